The Hall–Kier alpha value is -5.80. The first-order chi connectivity index (χ1) is 22.4. The van der Waals surface area contributed by atoms with E-state index in [4.69, 9.17) is 0 Å². The Labute approximate surface area is 262 Å². The number of fused-ring (bicyclic) bond motifs is 14. The summed E-state index contributed by atoms with van der Waals surface area (Å²) in [6, 6.07) is 56.6. The van der Waals surface area contributed by atoms with Gasteiger partial charge in [-0.15, -0.1) is 0 Å². The van der Waals surface area contributed by atoms with Gasteiger partial charge in [0.25, 0.3) is 6.71 Å². The Kier molecular flexibility index (Phi) is 4.43. The Balaban J connectivity index is 1.32. The highest BCUT2D eigenvalue weighted by atomic mass is 15.2. The monoisotopic (exact) mass is 568 g/mol. The molecule has 0 fully saturated rings. The molecule has 0 saturated heterocycles. The van der Waals surface area contributed by atoms with Gasteiger partial charge in [-0.1, -0.05) is 127 Å². The molecule has 0 unspecified atom stereocenters. The highest BCUT2D eigenvalue weighted by molar-refractivity contribution is 7.00. The fourth-order valence-corrected chi connectivity index (χ4v) is 8.67. The van der Waals surface area contributed by atoms with E-state index in [1.807, 2.05) is 0 Å². The molecule has 0 N–H and O–H groups in total. The molecule has 45 heavy (non-hydrogen) atoms. The van der Waals surface area contributed by atoms with Crippen LogP contribution in [0, 0.1) is 0 Å². The van der Waals surface area contributed by atoms with Gasteiger partial charge in [0.15, 0.2) is 0 Å². The van der Waals surface area contributed by atoms with Gasteiger partial charge in [-0.2, -0.15) is 0 Å². The van der Waals surface area contributed by atoms with Crippen molar-refractivity contribution in [2.24, 2.45) is 0 Å². The lowest BCUT2D eigenvalue weighted by Gasteiger charge is -2.45. The Morgan fingerprint density at radius 1 is 0.289 bits per heavy atom. The van der Waals surface area contributed by atoms with Gasteiger partial charge in [0.1, 0.15) is 0 Å². The van der Waals surface area contributed by atoms with Gasteiger partial charge in [0.2, 0.25) is 0 Å². The summed E-state index contributed by atoms with van der Waals surface area (Å²) in [4.78, 5) is 5.12. The molecule has 0 amide bonds. The summed E-state index contributed by atoms with van der Waals surface area (Å²) >= 11 is 0. The van der Waals surface area contributed by atoms with E-state index >= 15 is 0 Å². The second-order valence-corrected chi connectivity index (χ2v) is 12.4. The molecular weight excluding hydrogens is 543 g/mol. The first-order valence-electron chi connectivity index (χ1n) is 15.7. The molecule has 0 saturated carbocycles. The zero-order chi connectivity index (χ0) is 29.2. The Morgan fingerprint density at radius 3 is 1.09 bits per heavy atom. The zero-order valence-corrected chi connectivity index (χ0v) is 24.4. The van der Waals surface area contributed by atoms with E-state index in [2.05, 4.69) is 161 Å². The highest BCUT2D eigenvalue weighted by Crippen LogP contribution is 2.55. The van der Waals surface area contributed by atoms with Crippen molar-refractivity contribution in [3.05, 3.63) is 152 Å². The van der Waals surface area contributed by atoms with E-state index in [1.165, 1.54) is 95.0 Å². The van der Waals surface area contributed by atoms with Crippen molar-refractivity contribution in [3.63, 3.8) is 0 Å². The molecule has 4 aliphatic rings. The predicted octanol–water partition coefficient (Wildman–Crippen LogP) is 9.06. The molecule has 0 spiro atoms. The number of hydrogen-bond donors (Lipinski definition) is 0. The molecule has 0 atom stereocenters. The summed E-state index contributed by atoms with van der Waals surface area (Å²) in [5, 5.41) is 0. The first-order valence-corrected chi connectivity index (χ1v) is 15.7. The van der Waals surface area contributed by atoms with Crippen molar-refractivity contribution in [1.82, 2.24) is 0 Å². The third-order valence-corrected chi connectivity index (χ3v) is 10.3. The smallest absolute Gasteiger partial charge is 0.252 e. The minimum Gasteiger partial charge on any atom is -0.310 e. The van der Waals surface area contributed by atoms with Crippen LogP contribution in [0.5, 0.6) is 0 Å². The summed E-state index contributed by atoms with van der Waals surface area (Å²) in [7, 11) is 0. The number of nitrogens with zero attached hydrogens (tertiary/aromatic N) is 2. The maximum Gasteiger partial charge on any atom is 0.252 e. The average molecular weight is 568 g/mol. The number of rotatable bonds is 0. The average Bonchev–Trinajstić information content (AvgIpc) is 3.32. The highest BCUT2D eigenvalue weighted by Gasteiger charge is 2.46. The normalized spacial score (nSPS) is 13.6. The van der Waals surface area contributed by atoms with Crippen LogP contribution in [0.25, 0.3) is 44.5 Å². The maximum atomic E-state index is 2.56. The summed E-state index contributed by atoms with van der Waals surface area (Å²) in [5.41, 5.74) is 21.9. The molecule has 7 aromatic rings. The van der Waals surface area contributed by atoms with Crippen LogP contribution in [-0.2, 0) is 0 Å². The molecule has 0 aliphatic carbocycles. The fourth-order valence-electron chi connectivity index (χ4n) is 8.67. The van der Waals surface area contributed by atoms with E-state index in [0.717, 1.165) is 0 Å². The van der Waals surface area contributed by atoms with Gasteiger partial charge in [0.05, 0.1) is 11.4 Å². The summed E-state index contributed by atoms with van der Waals surface area (Å²) in [6.07, 6.45) is 0. The van der Waals surface area contributed by atoms with Gasteiger partial charge >= 0.3 is 0 Å². The minimum absolute atomic E-state index is 0.100. The molecule has 3 heteroatoms. The predicted molar refractivity (Wildman–Crippen MR) is 189 cm³/mol. The molecule has 206 valence electrons. The van der Waals surface area contributed by atoms with Crippen LogP contribution < -0.4 is 26.2 Å². The van der Waals surface area contributed by atoms with Crippen molar-refractivity contribution < 1.29 is 0 Å². The molecule has 7 aromatic carbocycles. The number of benzene rings is 7. The van der Waals surface area contributed by atoms with Crippen LogP contribution in [0.3, 0.4) is 0 Å². The molecular formula is C42H25BN2. The number of para-hydroxylation sites is 4. The quantitative estimate of drug-likeness (QED) is 0.169. The lowest BCUT2D eigenvalue weighted by Crippen LogP contribution is -2.61. The van der Waals surface area contributed by atoms with Gasteiger partial charge < -0.3 is 9.80 Å². The minimum atomic E-state index is 0.100. The van der Waals surface area contributed by atoms with E-state index in [1.54, 1.807) is 0 Å². The van der Waals surface area contributed by atoms with Crippen molar-refractivity contribution in [2.45, 2.75) is 0 Å². The zero-order valence-electron chi connectivity index (χ0n) is 24.4. The third-order valence-electron chi connectivity index (χ3n) is 10.3. The molecule has 2 nitrogen and oxygen atoms in total. The lowest BCUT2D eigenvalue weighted by atomic mass is 9.33. The van der Waals surface area contributed by atoms with Gasteiger partial charge in [0, 0.05) is 45.0 Å². The first kappa shape index (κ1) is 23.6. The number of hydrogen-bond acceptors (Lipinski definition) is 2. The second kappa shape index (κ2) is 8.43. The van der Waals surface area contributed by atoms with E-state index in [0.29, 0.717) is 0 Å². The van der Waals surface area contributed by atoms with Crippen molar-refractivity contribution >= 4 is 57.2 Å². The van der Waals surface area contributed by atoms with Gasteiger partial charge in [-0.3, -0.25) is 0 Å². The lowest BCUT2D eigenvalue weighted by molar-refractivity contribution is 1.26. The van der Waals surface area contributed by atoms with E-state index < -0.39 is 0 Å². The van der Waals surface area contributed by atoms with E-state index in [9.17, 15) is 0 Å². The van der Waals surface area contributed by atoms with Crippen LogP contribution >= 0.6 is 0 Å². The van der Waals surface area contributed by atoms with Crippen LogP contribution in [-0.4, -0.2) is 6.71 Å². The molecule has 4 heterocycles. The van der Waals surface area contributed by atoms with Crippen molar-refractivity contribution in [2.75, 3.05) is 9.80 Å². The van der Waals surface area contributed by atoms with Gasteiger partial charge in [-0.05, 0) is 62.9 Å². The SMILES string of the molecule is c1ccc2c(c1)-c1ccccc1N1c3cccc4c3B(c3cccc-2c31)c1cccc2c1N4c1ccccc1-c1ccccc1-2. The van der Waals surface area contributed by atoms with Crippen LogP contribution in [0.15, 0.2) is 152 Å². The third kappa shape index (κ3) is 2.87. The Morgan fingerprint density at radius 2 is 0.622 bits per heavy atom. The standard InChI is InChI=1S/C42H25BN2/c1-3-14-28-26(12-1)30-16-5-7-22-36(30)44-38-24-11-25-39-40(38)43(34-20-9-18-32(28)41(34)44)35-21-10-19-33-29-15-4-2-13-27(29)31-17-6-8-23-37(31)45(39)42(33)35/h1-25H. The van der Waals surface area contributed by atoms with Crippen LogP contribution in [0.2, 0.25) is 0 Å². The van der Waals surface area contributed by atoms with Crippen molar-refractivity contribution in [1.29, 1.82) is 0 Å². The van der Waals surface area contributed by atoms with Crippen LogP contribution in [0.1, 0.15) is 0 Å². The Bertz CT molecular complexity index is 2260. The van der Waals surface area contributed by atoms with Gasteiger partial charge in [-0.25, -0.2) is 0 Å². The second-order valence-electron chi connectivity index (χ2n) is 12.4. The summed E-state index contributed by atoms with van der Waals surface area (Å²) < 4.78 is 0. The fraction of sp³-hybridized carbons (Fsp3) is 0. The van der Waals surface area contributed by atoms with E-state index in [-0.39, 0.29) is 6.71 Å². The summed E-state index contributed by atoms with van der Waals surface area (Å²) in [6.45, 7) is 0.100. The van der Waals surface area contributed by atoms with Crippen LogP contribution in [0.4, 0.5) is 34.1 Å². The topological polar surface area (TPSA) is 6.48 Å². The molecule has 0 bridgehead atoms. The molecule has 4 aliphatic heterocycles. The maximum absolute atomic E-state index is 2.56. The number of anilines is 6. The van der Waals surface area contributed by atoms with Crippen molar-refractivity contribution in [3.8, 4) is 44.5 Å². The molecule has 0 aromatic heterocycles. The summed E-state index contributed by atoms with van der Waals surface area (Å²) in [5.74, 6) is 0. The molecule has 0 radical (unpaired) electrons. The largest absolute Gasteiger partial charge is 0.310 e. The molecule has 11 rings (SSSR count).